The van der Waals surface area contributed by atoms with E-state index >= 15 is 0 Å². The monoisotopic (exact) mass is 192 g/mol. The van der Waals surface area contributed by atoms with E-state index in [9.17, 15) is 4.39 Å². The lowest BCUT2D eigenvalue weighted by Gasteiger charge is -1.79. The Bertz CT molecular complexity index is 166. The maximum Gasteiger partial charge on any atom is 0.118 e. The van der Waals surface area contributed by atoms with Crippen molar-refractivity contribution in [2.24, 2.45) is 0 Å². The van der Waals surface area contributed by atoms with Gasteiger partial charge in [-0.15, -0.1) is 0 Å². The van der Waals surface area contributed by atoms with Crippen molar-refractivity contribution in [3.05, 3.63) is 23.7 Å². The van der Waals surface area contributed by atoms with E-state index in [0.29, 0.717) is 10.9 Å². The SMILES string of the molecule is FCc1coc(CBr)c1. The smallest absolute Gasteiger partial charge is 0.118 e. The molecular formula is C6H6BrFO. The number of hydrogen-bond donors (Lipinski definition) is 0. The first-order valence-electron chi connectivity index (χ1n) is 2.55. The third-order valence-corrected chi connectivity index (χ3v) is 1.55. The Morgan fingerprint density at radius 3 is 2.78 bits per heavy atom. The van der Waals surface area contributed by atoms with Crippen molar-refractivity contribution in [3.8, 4) is 0 Å². The largest absolute Gasteiger partial charge is 0.468 e. The van der Waals surface area contributed by atoms with Gasteiger partial charge in [-0.1, -0.05) is 15.9 Å². The second kappa shape index (κ2) is 3.01. The Kier molecular flexibility index (Phi) is 2.28. The van der Waals surface area contributed by atoms with Gasteiger partial charge in [0.2, 0.25) is 0 Å². The predicted molar refractivity (Wildman–Crippen MR) is 36.2 cm³/mol. The van der Waals surface area contributed by atoms with Crippen LogP contribution in [0.5, 0.6) is 0 Å². The molecular weight excluding hydrogens is 187 g/mol. The minimum Gasteiger partial charge on any atom is -0.468 e. The van der Waals surface area contributed by atoms with Crippen LogP contribution in [-0.4, -0.2) is 0 Å². The van der Waals surface area contributed by atoms with Gasteiger partial charge in [0.1, 0.15) is 12.4 Å². The highest BCUT2D eigenvalue weighted by Gasteiger charge is 1.97. The average molecular weight is 193 g/mol. The van der Waals surface area contributed by atoms with Crippen molar-refractivity contribution in [2.75, 3.05) is 0 Å². The normalized spacial score (nSPS) is 10.0. The molecule has 1 rings (SSSR count). The van der Waals surface area contributed by atoms with Crippen LogP contribution in [0.2, 0.25) is 0 Å². The minimum absolute atomic E-state index is 0.448. The van der Waals surface area contributed by atoms with Crippen LogP contribution in [0.1, 0.15) is 11.3 Å². The molecule has 1 aromatic heterocycles. The summed E-state index contributed by atoms with van der Waals surface area (Å²) in [5, 5.41) is 0.646. The van der Waals surface area contributed by atoms with E-state index in [0.717, 1.165) is 5.76 Å². The molecule has 1 aromatic rings. The van der Waals surface area contributed by atoms with Crippen molar-refractivity contribution in [2.45, 2.75) is 12.0 Å². The third kappa shape index (κ3) is 1.55. The molecule has 3 heteroatoms. The summed E-state index contributed by atoms with van der Waals surface area (Å²) in [4.78, 5) is 0. The van der Waals surface area contributed by atoms with E-state index in [1.165, 1.54) is 6.26 Å². The van der Waals surface area contributed by atoms with Crippen LogP contribution in [0.25, 0.3) is 0 Å². The lowest BCUT2D eigenvalue weighted by molar-refractivity contribution is 0.474. The van der Waals surface area contributed by atoms with Gasteiger partial charge in [-0.05, 0) is 6.07 Å². The Hall–Kier alpha value is -0.310. The molecule has 0 aromatic carbocycles. The molecule has 0 aliphatic carbocycles. The Morgan fingerprint density at radius 1 is 1.67 bits per heavy atom. The van der Waals surface area contributed by atoms with E-state index in [1.54, 1.807) is 6.07 Å². The molecule has 0 amide bonds. The van der Waals surface area contributed by atoms with E-state index < -0.39 is 6.67 Å². The molecule has 0 atom stereocenters. The van der Waals surface area contributed by atoms with Crippen molar-refractivity contribution in [1.29, 1.82) is 0 Å². The highest BCUT2D eigenvalue weighted by molar-refractivity contribution is 9.08. The maximum atomic E-state index is 11.8. The fraction of sp³-hybridized carbons (Fsp3) is 0.333. The van der Waals surface area contributed by atoms with Crippen molar-refractivity contribution < 1.29 is 8.81 Å². The summed E-state index contributed by atoms with van der Waals surface area (Å²) >= 11 is 3.18. The Balaban J connectivity index is 2.74. The number of rotatable bonds is 2. The van der Waals surface area contributed by atoms with Gasteiger partial charge in [0.05, 0.1) is 11.6 Å². The quantitative estimate of drug-likeness (QED) is 0.658. The molecule has 0 fully saturated rings. The van der Waals surface area contributed by atoms with E-state index in [4.69, 9.17) is 4.42 Å². The lowest BCUT2D eigenvalue weighted by atomic mass is 10.3. The Labute approximate surface area is 61.0 Å². The second-order valence-corrected chi connectivity index (χ2v) is 2.25. The minimum atomic E-state index is -0.448. The summed E-state index contributed by atoms with van der Waals surface area (Å²) in [6.07, 6.45) is 1.43. The van der Waals surface area contributed by atoms with Crippen LogP contribution in [0.3, 0.4) is 0 Å². The van der Waals surface area contributed by atoms with Crippen LogP contribution in [-0.2, 0) is 12.0 Å². The highest BCUT2D eigenvalue weighted by Crippen LogP contribution is 2.11. The van der Waals surface area contributed by atoms with Crippen LogP contribution in [0.15, 0.2) is 16.7 Å². The second-order valence-electron chi connectivity index (χ2n) is 1.69. The molecule has 0 unspecified atom stereocenters. The molecule has 0 saturated carbocycles. The van der Waals surface area contributed by atoms with E-state index in [1.807, 2.05) is 0 Å². The van der Waals surface area contributed by atoms with Crippen molar-refractivity contribution in [1.82, 2.24) is 0 Å². The first-order chi connectivity index (χ1) is 4.36. The third-order valence-electron chi connectivity index (χ3n) is 0.994. The summed E-state index contributed by atoms with van der Waals surface area (Å²) in [7, 11) is 0. The van der Waals surface area contributed by atoms with Gasteiger partial charge in [0.15, 0.2) is 0 Å². The predicted octanol–water partition coefficient (Wildman–Crippen LogP) is 2.64. The fourth-order valence-electron chi connectivity index (χ4n) is 0.566. The molecule has 0 radical (unpaired) electrons. The summed E-state index contributed by atoms with van der Waals surface area (Å²) in [5.74, 6) is 0.766. The van der Waals surface area contributed by atoms with Gasteiger partial charge < -0.3 is 4.42 Å². The van der Waals surface area contributed by atoms with E-state index in [2.05, 4.69) is 15.9 Å². The summed E-state index contributed by atoms with van der Waals surface area (Å²) in [6, 6.07) is 1.69. The van der Waals surface area contributed by atoms with E-state index in [-0.39, 0.29) is 0 Å². The van der Waals surface area contributed by atoms with Gasteiger partial charge in [-0.25, -0.2) is 4.39 Å². The molecule has 1 nitrogen and oxygen atoms in total. The van der Waals surface area contributed by atoms with Crippen molar-refractivity contribution >= 4 is 15.9 Å². The molecule has 0 spiro atoms. The number of furan rings is 1. The number of halogens is 2. The maximum absolute atomic E-state index is 11.8. The molecule has 9 heavy (non-hydrogen) atoms. The Morgan fingerprint density at radius 2 is 2.44 bits per heavy atom. The van der Waals surface area contributed by atoms with Crippen LogP contribution < -0.4 is 0 Å². The van der Waals surface area contributed by atoms with Gasteiger partial charge in [0, 0.05) is 5.56 Å². The van der Waals surface area contributed by atoms with Crippen molar-refractivity contribution in [3.63, 3.8) is 0 Å². The fourth-order valence-corrected chi connectivity index (χ4v) is 0.860. The standard InChI is InChI=1S/C6H6BrFO/c7-2-6-1-5(3-8)4-9-6/h1,4H,2-3H2. The zero-order chi connectivity index (χ0) is 6.69. The van der Waals surface area contributed by atoms with Gasteiger partial charge in [0.25, 0.3) is 0 Å². The molecule has 1 heterocycles. The molecule has 0 N–H and O–H groups in total. The number of hydrogen-bond acceptors (Lipinski definition) is 1. The zero-order valence-corrected chi connectivity index (χ0v) is 6.32. The van der Waals surface area contributed by atoms with Crippen LogP contribution >= 0.6 is 15.9 Å². The van der Waals surface area contributed by atoms with Crippen LogP contribution in [0.4, 0.5) is 4.39 Å². The molecule has 0 aliphatic heterocycles. The summed E-state index contributed by atoms with van der Waals surface area (Å²) < 4.78 is 16.7. The average Bonchev–Trinajstić information content (AvgIpc) is 2.34. The molecule has 50 valence electrons. The molecule has 0 aliphatic rings. The number of alkyl halides is 2. The zero-order valence-electron chi connectivity index (χ0n) is 4.73. The highest BCUT2D eigenvalue weighted by atomic mass is 79.9. The van der Waals surface area contributed by atoms with Gasteiger partial charge in [-0.3, -0.25) is 0 Å². The first kappa shape index (κ1) is 6.81. The van der Waals surface area contributed by atoms with Gasteiger partial charge in [-0.2, -0.15) is 0 Å². The summed E-state index contributed by atoms with van der Waals surface area (Å²) in [6.45, 7) is -0.448. The molecule has 0 saturated heterocycles. The van der Waals surface area contributed by atoms with Gasteiger partial charge >= 0.3 is 0 Å². The lowest BCUT2D eigenvalue weighted by Crippen LogP contribution is -1.68. The topological polar surface area (TPSA) is 13.1 Å². The molecule has 0 bridgehead atoms. The first-order valence-corrected chi connectivity index (χ1v) is 3.67. The summed E-state index contributed by atoms with van der Waals surface area (Å²) in [5.41, 5.74) is 0.601. The van der Waals surface area contributed by atoms with Crippen LogP contribution in [0, 0.1) is 0 Å².